The lowest BCUT2D eigenvalue weighted by Gasteiger charge is -2.20. The van der Waals surface area contributed by atoms with E-state index in [0.717, 1.165) is 21.7 Å². The van der Waals surface area contributed by atoms with Gasteiger partial charge < -0.3 is 5.32 Å². The second-order valence-corrected chi connectivity index (χ2v) is 8.48. The van der Waals surface area contributed by atoms with Crippen LogP contribution in [0, 0.1) is 13.8 Å². The highest BCUT2D eigenvalue weighted by Gasteiger charge is 2.19. The quantitative estimate of drug-likeness (QED) is 0.924. The maximum Gasteiger partial charge on any atom is 0.238 e. The molecule has 0 aliphatic carbocycles. The Morgan fingerprint density at radius 2 is 1.92 bits per heavy atom. The molecule has 0 radical (unpaired) electrons. The maximum absolute atomic E-state index is 12.7. The summed E-state index contributed by atoms with van der Waals surface area (Å²) in [6, 6.07) is 7.75. The molecule has 0 bridgehead atoms. The number of nitrogens with one attached hydrogen (secondary N) is 1. The van der Waals surface area contributed by atoms with Gasteiger partial charge >= 0.3 is 0 Å². The topological polar surface area (TPSA) is 64.0 Å². The summed E-state index contributed by atoms with van der Waals surface area (Å²) in [5.41, 5.74) is 2.84. The van der Waals surface area contributed by atoms with Crippen molar-refractivity contribution < 1.29 is 9.00 Å². The van der Waals surface area contributed by atoms with E-state index in [2.05, 4.69) is 37.3 Å². The number of carbonyl (C=O) groups excluding carboxylic acids is 1. The third-order valence-electron chi connectivity index (χ3n) is 3.83. The van der Waals surface area contributed by atoms with Crippen molar-refractivity contribution in [2.45, 2.75) is 44.9 Å². The number of benzene rings is 1. The van der Waals surface area contributed by atoms with E-state index in [9.17, 15) is 9.00 Å². The molecule has 1 heterocycles. The summed E-state index contributed by atoms with van der Waals surface area (Å²) in [6.45, 7) is 10.1. The molecule has 1 aromatic carbocycles. The molecule has 130 valence electrons. The van der Waals surface area contributed by atoms with Gasteiger partial charge in [-0.2, -0.15) is 5.10 Å². The first-order valence-electron chi connectivity index (χ1n) is 7.88. The smallest absolute Gasteiger partial charge is 0.238 e. The van der Waals surface area contributed by atoms with E-state index >= 15 is 0 Å². The SMILES string of the molecule is Cc1cc(NC(=O)C[S@@](=O)c2cc(C(C)(C)C)ccc2C)n(C)n1. The summed E-state index contributed by atoms with van der Waals surface area (Å²) >= 11 is 0. The van der Waals surface area contributed by atoms with Crippen LogP contribution in [0.25, 0.3) is 0 Å². The molecule has 24 heavy (non-hydrogen) atoms. The zero-order valence-corrected chi connectivity index (χ0v) is 16.0. The van der Waals surface area contributed by atoms with Crippen molar-refractivity contribution in [1.29, 1.82) is 0 Å². The Balaban J connectivity index is 2.14. The van der Waals surface area contributed by atoms with Crippen LogP contribution >= 0.6 is 0 Å². The van der Waals surface area contributed by atoms with E-state index in [1.807, 2.05) is 26.0 Å². The lowest BCUT2D eigenvalue weighted by Crippen LogP contribution is -2.21. The highest BCUT2D eigenvalue weighted by Crippen LogP contribution is 2.26. The van der Waals surface area contributed by atoms with Crippen LogP contribution in [0.3, 0.4) is 0 Å². The molecule has 0 aliphatic rings. The van der Waals surface area contributed by atoms with E-state index in [0.29, 0.717) is 5.82 Å². The van der Waals surface area contributed by atoms with Crippen molar-refractivity contribution in [3.05, 3.63) is 41.1 Å². The van der Waals surface area contributed by atoms with Gasteiger partial charge in [0.25, 0.3) is 0 Å². The molecule has 1 amide bonds. The lowest BCUT2D eigenvalue weighted by molar-refractivity contribution is -0.113. The summed E-state index contributed by atoms with van der Waals surface area (Å²) in [7, 11) is 0.375. The molecule has 1 atom stereocenters. The second kappa shape index (κ2) is 6.89. The summed E-state index contributed by atoms with van der Waals surface area (Å²) in [6.07, 6.45) is 0. The van der Waals surface area contributed by atoms with Crippen LogP contribution in [0.2, 0.25) is 0 Å². The zero-order valence-electron chi connectivity index (χ0n) is 15.1. The van der Waals surface area contributed by atoms with Gasteiger partial charge in [0.1, 0.15) is 11.6 Å². The number of carbonyl (C=O) groups is 1. The first-order chi connectivity index (χ1) is 11.1. The van der Waals surface area contributed by atoms with Gasteiger partial charge in [0.05, 0.1) is 16.5 Å². The van der Waals surface area contributed by atoms with Crippen molar-refractivity contribution in [3.8, 4) is 0 Å². The van der Waals surface area contributed by atoms with Crippen LogP contribution in [0.5, 0.6) is 0 Å². The fourth-order valence-corrected chi connectivity index (χ4v) is 3.57. The summed E-state index contributed by atoms with van der Waals surface area (Å²) < 4.78 is 14.3. The van der Waals surface area contributed by atoms with Crippen molar-refractivity contribution in [2.24, 2.45) is 7.05 Å². The van der Waals surface area contributed by atoms with Gasteiger partial charge in [-0.25, -0.2) is 0 Å². The van der Waals surface area contributed by atoms with Crippen LogP contribution in [-0.2, 0) is 28.1 Å². The number of rotatable bonds is 4. The number of anilines is 1. The van der Waals surface area contributed by atoms with Gasteiger partial charge in [0.2, 0.25) is 5.91 Å². The lowest BCUT2D eigenvalue weighted by atomic mass is 9.87. The highest BCUT2D eigenvalue weighted by molar-refractivity contribution is 7.85. The first kappa shape index (κ1) is 18.4. The molecule has 6 heteroatoms. The number of hydrogen-bond donors (Lipinski definition) is 1. The van der Waals surface area contributed by atoms with E-state index in [-0.39, 0.29) is 17.1 Å². The van der Waals surface area contributed by atoms with Gasteiger partial charge in [-0.3, -0.25) is 13.7 Å². The van der Waals surface area contributed by atoms with Gasteiger partial charge in [0.15, 0.2) is 0 Å². The van der Waals surface area contributed by atoms with Crippen LogP contribution < -0.4 is 5.32 Å². The predicted molar refractivity (Wildman–Crippen MR) is 97.7 cm³/mol. The molecule has 2 aromatic rings. The monoisotopic (exact) mass is 347 g/mol. The number of hydrogen-bond acceptors (Lipinski definition) is 3. The minimum Gasteiger partial charge on any atom is -0.310 e. The fourth-order valence-electron chi connectivity index (χ4n) is 2.42. The predicted octanol–water partition coefficient (Wildman–Crippen LogP) is 3.08. The molecular formula is C18H25N3O2S. The van der Waals surface area contributed by atoms with Crippen LogP contribution in [-0.4, -0.2) is 25.6 Å². The molecule has 0 saturated carbocycles. The molecule has 1 aromatic heterocycles. The van der Waals surface area contributed by atoms with Crippen molar-refractivity contribution in [3.63, 3.8) is 0 Å². The second-order valence-electron chi connectivity index (χ2n) is 7.06. The maximum atomic E-state index is 12.7. The van der Waals surface area contributed by atoms with Crippen LogP contribution in [0.4, 0.5) is 5.82 Å². The van der Waals surface area contributed by atoms with E-state index < -0.39 is 10.8 Å². The molecule has 0 fully saturated rings. The Morgan fingerprint density at radius 3 is 2.46 bits per heavy atom. The summed E-state index contributed by atoms with van der Waals surface area (Å²) in [4.78, 5) is 12.9. The Bertz CT molecular complexity index is 788. The minimum absolute atomic E-state index is 0.0266. The molecule has 0 saturated heterocycles. The Labute approximate surface area is 145 Å². The third-order valence-corrected chi connectivity index (χ3v) is 5.29. The normalized spacial score (nSPS) is 12.9. The fraction of sp³-hybridized carbons (Fsp3) is 0.444. The van der Waals surface area contributed by atoms with E-state index in [1.54, 1.807) is 17.8 Å². The zero-order chi connectivity index (χ0) is 18.1. The van der Waals surface area contributed by atoms with Crippen molar-refractivity contribution >= 4 is 22.5 Å². The third kappa shape index (κ3) is 4.32. The first-order valence-corrected chi connectivity index (χ1v) is 9.20. The molecular weight excluding hydrogens is 322 g/mol. The Morgan fingerprint density at radius 1 is 1.25 bits per heavy atom. The molecule has 2 rings (SSSR count). The Hall–Kier alpha value is -1.95. The van der Waals surface area contributed by atoms with E-state index in [4.69, 9.17) is 0 Å². The number of aryl methyl sites for hydroxylation is 3. The number of nitrogens with zero attached hydrogens (tertiary/aromatic N) is 2. The van der Waals surface area contributed by atoms with Crippen molar-refractivity contribution in [2.75, 3.05) is 11.1 Å². The van der Waals surface area contributed by atoms with Crippen LogP contribution in [0.15, 0.2) is 29.2 Å². The highest BCUT2D eigenvalue weighted by atomic mass is 32.2. The summed E-state index contributed by atoms with van der Waals surface area (Å²) in [5, 5.41) is 6.94. The molecule has 1 N–H and O–H groups in total. The number of aromatic nitrogens is 2. The molecule has 0 aliphatic heterocycles. The van der Waals surface area contributed by atoms with Gasteiger partial charge in [0, 0.05) is 18.0 Å². The van der Waals surface area contributed by atoms with Gasteiger partial charge in [-0.1, -0.05) is 32.9 Å². The van der Waals surface area contributed by atoms with E-state index in [1.165, 1.54) is 0 Å². The molecule has 0 spiro atoms. The standard InChI is InChI=1S/C18H25N3O2S/c1-12-7-8-14(18(3,4)5)10-15(12)24(23)11-17(22)19-16-9-13(2)20-21(16)6/h7-10H,11H2,1-6H3,(H,19,22)/t24-/m1/s1. The van der Waals surface area contributed by atoms with Crippen LogP contribution in [0.1, 0.15) is 37.6 Å². The molecule has 5 nitrogen and oxygen atoms in total. The van der Waals surface area contributed by atoms with Gasteiger partial charge in [-0.05, 0) is 36.5 Å². The Kier molecular flexibility index (Phi) is 5.28. The van der Waals surface area contributed by atoms with Crippen molar-refractivity contribution in [1.82, 2.24) is 9.78 Å². The average molecular weight is 347 g/mol. The number of amides is 1. The van der Waals surface area contributed by atoms with Gasteiger partial charge in [-0.15, -0.1) is 0 Å². The largest absolute Gasteiger partial charge is 0.310 e. The summed E-state index contributed by atoms with van der Waals surface area (Å²) in [5.74, 6) is 0.255. The molecule has 0 unspecified atom stereocenters. The minimum atomic E-state index is -1.39. The average Bonchev–Trinajstić information content (AvgIpc) is 2.75.